The second kappa shape index (κ2) is 10.8. The molecule has 1 atom stereocenters. The van der Waals surface area contributed by atoms with Crippen LogP contribution in [-0.2, 0) is 17.1 Å². The van der Waals surface area contributed by atoms with Crippen LogP contribution in [0.15, 0.2) is 72.8 Å². The third-order valence-electron chi connectivity index (χ3n) is 5.85. The van der Waals surface area contributed by atoms with Crippen LogP contribution < -0.4 is 5.32 Å². The number of hydrogen-bond donors (Lipinski definition) is 1. The Morgan fingerprint density at radius 2 is 1.56 bits per heavy atom. The third-order valence-corrected chi connectivity index (χ3v) is 6.11. The first-order valence-corrected chi connectivity index (χ1v) is 11.4. The molecule has 0 aliphatic carbocycles. The first-order valence-electron chi connectivity index (χ1n) is 11.0. The molecule has 0 aromatic heterocycles. The predicted octanol–water partition coefficient (Wildman–Crippen LogP) is 6.86. The van der Waals surface area contributed by atoms with Gasteiger partial charge in [-0.3, -0.25) is 9.59 Å². The summed E-state index contributed by atoms with van der Waals surface area (Å²) in [5.41, 5.74) is 2.58. The summed E-state index contributed by atoms with van der Waals surface area (Å²) in [6.07, 6.45) is -0.221. The molecule has 0 fully saturated rings. The molecule has 4 nitrogen and oxygen atoms in total. The maximum atomic E-state index is 13.7. The van der Waals surface area contributed by atoms with E-state index in [4.69, 9.17) is 11.6 Å². The minimum Gasteiger partial charge on any atom is -0.335 e. The molecule has 34 heavy (non-hydrogen) atoms. The number of carbonyl (C=O) groups excluding carboxylic acids is 2. The van der Waals surface area contributed by atoms with Gasteiger partial charge >= 0.3 is 0 Å². The smallest absolute Gasteiger partial charge is 0.273 e. The lowest BCUT2D eigenvalue weighted by molar-refractivity contribution is -0.115. The Bertz CT molecular complexity index is 1130. The number of benzene rings is 3. The predicted molar refractivity (Wildman–Crippen MR) is 131 cm³/mol. The van der Waals surface area contributed by atoms with Gasteiger partial charge in [-0.05, 0) is 54.4 Å². The third kappa shape index (κ3) is 6.20. The molecule has 0 heterocycles. The van der Waals surface area contributed by atoms with Gasteiger partial charge in [0.05, 0.1) is 12.5 Å². The van der Waals surface area contributed by atoms with Crippen LogP contribution in [0.5, 0.6) is 0 Å². The molecule has 3 aromatic carbocycles. The number of amides is 2. The summed E-state index contributed by atoms with van der Waals surface area (Å²) in [5.74, 6) is -3.30. The maximum Gasteiger partial charge on any atom is 0.273 e. The van der Waals surface area contributed by atoms with Crippen molar-refractivity contribution in [2.24, 2.45) is 0 Å². The summed E-state index contributed by atoms with van der Waals surface area (Å²) in [4.78, 5) is 26.9. The van der Waals surface area contributed by atoms with Crippen molar-refractivity contribution in [3.05, 3.63) is 100 Å². The molecule has 178 valence electrons. The molecule has 0 bridgehead atoms. The Morgan fingerprint density at radius 1 is 0.971 bits per heavy atom. The van der Waals surface area contributed by atoms with Crippen LogP contribution in [0.3, 0.4) is 0 Å². The fourth-order valence-corrected chi connectivity index (χ4v) is 3.63. The molecule has 0 saturated carbocycles. The minimum atomic E-state index is -2.87. The van der Waals surface area contributed by atoms with Crippen LogP contribution in [0.25, 0.3) is 0 Å². The van der Waals surface area contributed by atoms with Gasteiger partial charge in [0.25, 0.3) is 11.8 Å². The molecule has 0 aliphatic heterocycles. The normalized spacial score (nSPS) is 12.2. The Hall–Kier alpha value is -3.25. The fraction of sp³-hybridized carbons (Fsp3) is 0.259. The second-order valence-electron chi connectivity index (χ2n) is 8.20. The van der Waals surface area contributed by atoms with Crippen LogP contribution in [0.1, 0.15) is 53.4 Å². The van der Waals surface area contributed by atoms with Gasteiger partial charge in [0.15, 0.2) is 0 Å². The van der Waals surface area contributed by atoms with E-state index in [1.165, 1.54) is 31.2 Å². The number of hydrogen-bond acceptors (Lipinski definition) is 2. The van der Waals surface area contributed by atoms with Crippen LogP contribution in [0.2, 0.25) is 5.02 Å². The van der Waals surface area contributed by atoms with Crippen molar-refractivity contribution in [1.82, 2.24) is 4.90 Å². The molecule has 0 radical (unpaired) electrons. The summed E-state index contributed by atoms with van der Waals surface area (Å²) < 4.78 is 27.5. The summed E-state index contributed by atoms with van der Waals surface area (Å²) in [6.45, 7) is 3.37. The van der Waals surface area contributed by atoms with Crippen molar-refractivity contribution in [2.75, 3.05) is 12.4 Å². The number of nitrogens with zero attached hydrogens (tertiary/aromatic N) is 1. The zero-order valence-electron chi connectivity index (χ0n) is 19.3. The highest BCUT2D eigenvalue weighted by molar-refractivity contribution is 6.30. The summed E-state index contributed by atoms with van der Waals surface area (Å²) in [7, 11) is 1.74. The first-order chi connectivity index (χ1) is 16.1. The first kappa shape index (κ1) is 25.4. The van der Waals surface area contributed by atoms with E-state index in [1.54, 1.807) is 48.3 Å². The molecular formula is C27H27ClF2N2O2. The number of alkyl halides is 2. The zero-order valence-corrected chi connectivity index (χ0v) is 20.1. The SMILES string of the molecule is CCC(F)(F)c1ccc(CC(=O)Nc2ccc(C(=O)N(C)[C@H](C)c3ccc(Cl)cc3)cc2)cc1. The van der Waals surface area contributed by atoms with Crippen LogP contribution in [0.4, 0.5) is 14.5 Å². The number of carbonyl (C=O) groups is 2. The number of nitrogens with one attached hydrogen (secondary N) is 1. The van der Waals surface area contributed by atoms with E-state index in [0.717, 1.165) is 5.56 Å². The van der Waals surface area contributed by atoms with E-state index in [0.29, 0.717) is 21.8 Å². The highest BCUT2D eigenvalue weighted by Gasteiger charge is 2.28. The van der Waals surface area contributed by atoms with Gasteiger partial charge in [-0.15, -0.1) is 0 Å². The molecular weight excluding hydrogens is 458 g/mol. The van der Waals surface area contributed by atoms with E-state index >= 15 is 0 Å². The highest BCUT2D eigenvalue weighted by atomic mass is 35.5. The largest absolute Gasteiger partial charge is 0.335 e. The maximum absolute atomic E-state index is 13.7. The van der Waals surface area contributed by atoms with Crippen molar-refractivity contribution in [2.45, 2.75) is 38.7 Å². The topological polar surface area (TPSA) is 49.4 Å². The van der Waals surface area contributed by atoms with Crippen molar-refractivity contribution in [3.63, 3.8) is 0 Å². The number of anilines is 1. The Morgan fingerprint density at radius 3 is 2.12 bits per heavy atom. The van der Waals surface area contributed by atoms with Gasteiger partial charge in [0, 0.05) is 35.3 Å². The van der Waals surface area contributed by atoms with E-state index in [2.05, 4.69) is 5.32 Å². The standard InChI is InChI=1S/C27H27ClF2N2O2/c1-4-27(29,30)22-11-5-19(6-12-22)17-25(33)31-24-15-9-21(10-16-24)26(34)32(3)18(2)20-7-13-23(28)14-8-20/h5-16,18H,4,17H2,1-3H3,(H,31,33)/t18-/m1/s1. The van der Waals surface area contributed by atoms with Crippen LogP contribution >= 0.6 is 11.6 Å². The molecule has 0 saturated heterocycles. The summed E-state index contributed by atoms with van der Waals surface area (Å²) in [5, 5.41) is 3.41. The van der Waals surface area contributed by atoms with E-state index < -0.39 is 5.92 Å². The molecule has 0 aliphatic rings. The van der Waals surface area contributed by atoms with Crippen LogP contribution in [0, 0.1) is 0 Å². The van der Waals surface area contributed by atoms with Crippen molar-refractivity contribution >= 4 is 29.1 Å². The lowest BCUT2D eigenvalue weighted by Crippen LogP contribution is -2.29. The van der Waals surface area contributed by atoms with Crippen molar-refractivity contribution in [3.8, 4) is 0 Å². The Balaban J connectivity index is 1.59. The lowest BCUT2D eigenvalue weighted by atomic mass is 10.0. The van der Waals surface area contributed by atoms with Gasteiger partial charge in [0.2, 0.25) is 5.91 Å². The lowest BCUT2D eigenvalue weighted by Gasteiger charge is -2.25. The number of halogens is 3. The molecule has 3 rings (SSSR count). The molecule has 1 N–H and O–H groups in total. The molecule has 2 amide bonds. The van der Waals surface area contributed by atoms with Crippen LogP contribution in [-0.4, -0.2) is 23.8 Å². The van der Waals surface area contributed by atoms with Gasteiger partial charge in [-0.1, -0.05) is 54.9 Å². The van der Waals surface area contributed by atoms with Gasteiger partial charge in [-0.25, -0.2) is 8.78 Å². The van der Waals surface area contributed by atoms with Gasteiger partial charge in [0.1, 0.15) is 0 Å². The summed E-state index contributed by atoms with van der Waals surface area (Å²) >= 11 is 5.94. The van der Waals surface area contributed by atoms with E-state index in [9.17, 15) is 18.4 Å². The average Bonchev–Trinajstić information content (AvgIpc) is 2.84. The zero-order chi connectivity index (χ0) is 24.9. The minimum absolute atomic E-state index is 0.0556. The quantitative estimate of drug-likeness (QED) is 0.380. The molecule has 0 spiro atoms. The second-order valence-corrected chi connectivity index (χ2v) is 8.64. The molecule has 0 unspecified atom stereocenters. The monoisotopic (exact) mass is 484 g/mol. The van der Waals surface area contributed by atoms with E-state index in [1.807, 2.05) is 19.1 Å². The van der Waals surface area contributed by atoms with Crippen molar-refractivity contribution in [1.29, 1.82) is 0 Å². The molecule has 3 aromatic rings. The average molecular weight is 485 g/mol. The Kier molecular flexibility index (Phi) is 8.05. The van der Waals surface area contributed by atoms with Gasteiger partial charge in [-0.2, -0.15) is 0 Å². The summed E-state index contributed by atoms with van der Waals surface area (Å²) in [6, 6.07) is 19.6. The fourth-order valence-electron chi connectivity index (χ4n) is 3.50. The number of rotatable bonds is 8. The van der Waals surface area contributed by atoms with E-state index in [-0.39, 0.29) is 36.3 Å². The highest BCUT2D eigenvalue weighted by Crippen LogP contribution is 2.31. The Labute approximate surface area is 203 Å². The molecule has 7 heteroatoms. The van der Waals surface area contributed by atoms with Gasteiger partial charge < -0.3 is 10.2 Å². The van der Waals surface area contributed by atoms with Crippen molar-refractivity contribution < 1.29 is 18.4 Å².